The van der Waals surface area contributed by atoms with Crippen molar-refractivity contribution in [3.05, 3.63) is 46.9 Å². The van der Waals surface area contributed by atoms with Crippen LogP contribution in [0.25, 0.3) is 33.4 Å². The Morgan fingerprint density at radius 2 is 1.92 bits per heavy atom. The lowest BCUT2D eigenvalue weighted by Gasteiger charge is -2.10. The van der Waals surface area contributed by atoms with Gasteiger partial charge in [0.05, 0.1) is 14.2 Å². The number of hydrogen-bond acceptors (Lipinski definition) is 7. The molecule has 0 fully saturated rings. The van der Waals surface area contributed by atoms with Gasteiger partial charge in [0.2, 0.25) is 11.2 Å². The van der Waals surface area contributed by atoms with Crippen LogP contribution in [0.4, 0.5) is 0 Å². The van der Waals surface area contributed by atoms with Crippen molar-refractivity contribution in [2.75, 3.05) is 14.2 Å². The molecule has 0 unspecified atom stereocenters. The molecule has 0 aliphatic heterocycles. The minimum atomic E-state index is -0.589. The summed E-state index contributed by atoms with van der Waals surface area (Å²) in [6, 6.07) is 8.16. The minimum absolute atomic E-state index is 0.0334. The third-order valence-corrected chi connectivity index (χ3v) is 3.96. The van der Waals surface area contributed by atoms with Crippen molar-refractivity contribution in [2.45, 2.75) is 0 Å². The number of ether oxygens (including phenoxy) is 2. The van der Waals surface area contributed by atoms with Gasteiger partial charge in [-0.2, -0.15) is 0 Å². The third-order valence-electron chi connectivity index (χ3n) is 3.96. The molecule has 0 aliphatic carbocycles. The Hall–Kier alpha value is -3.48. The number of aromatic hydroxyl groups is 1. The number of methoxy groups -OCH3 is 2. The van der Waals surface area contributed by atoms with E-state index in [1.807, 2.05) is 0 Å². The van der Waals surface area contributed by atoms with Crippen molar-refractivity contribution in [3.63, 3.8) is 0 Å². The van der Waals surface area contributed by atoms with Crippen LogP contribution in [-0.4, -0.2) is 24.3 Å². The van der Waals surface area contributed by atoms with E-state index >= 15 is 0 Å². The molecule has 4 aromatic rings. The van der Waals surface area contributed by atoms with Gasteiger partial charge in [0.15, 0.2) is 17.7 Å². The van der Waals surface area contributed by atoms with Gasteiger partial charge in [0.25, 0.3) is 0 Å². The maximum Gasteiger partial charge on any atom is 0.238 e. The van der Waals surface area contributed by atoms with Gasteiger partial charge in [-0.25, -0.2) is 4.98 Å². The number of rotatable bonds is 3. The lowest BCUT2D eigenvalue weighted by Crippen LogP contribution is -2.05. The van der Waals surface area contributed by atoms with Crippen LogP contribution in [0.2, 0.25) is 0 Å². The van der Waals surface area contributed by atoms with E-state index in [2.05, 4.69) is 4.98 Å². The molecule has 0 radical (unpaired) electrons. The summed E-state index contributed by atoms with van der Waals surface area (Å²) >= 11 is 0. The van der Waals surface area contributed by atoms with E-state index in [4.69, 9.17) is 18.3 Å². The van der Waals surface area contributed by atoms with Crippen LogP contribution in [0.3, 0.4) is 0 Å². The first-order chi connectivity index (χ1) is 12.1. The lowest BCUT2D eigenvalue weighted by atomic mass is 10.1. The fourth-order valence-corrected chi connectivity index (χ4v) is 2.72. The first kappa shape index (κ1) is 15.1. The topological polar surface area (TPSA) is 94.9 Å². The van der Waals surface area contributed by atoms with Crippen LogP contribution in [0.15, 0.2) is 50.4 Å². The number of hydrogen-bond donors (Lipinski definition) is 1. The van der Waals surface area contributed by atoms with Gasteiger partial charge in [-0.1, -0.05) is 0 Å². The molecular formula is C18H13NO6. The SMILES string of the molecule is COc1cc(OC)c2c(=O)c(O)c(-c3ccc4ncoc4c3)oc2c1. The van der Waals surface area contributed by atoms with E-state index in [1.165, 1.54) is 20.6 Å². The monoisotopic (exact) mass is 339 g/mol. The largest absolute Gasteiger partial charge is 0.502 e. The quantitative estimate of drug-likeness (QED) is 0.611. The standard InChI is InChI=1S/C18H13NO6/c1-22-10-6-13(23-2)15-14(7-10)25-18(17(21)16(15)20)9-3-4-11-12(5-9)24-8-19-11/h3-8,21H,1-2H3. The maximum atomic E-state index is 12.6. The van der Waals surface area contributed by atoms with E-state index in [-0.39, 0.29) is 22.5 Å². The van der Waals surface area contributed by atoms with E-state index in [0.717, 1.165) is 0 Å². The number of aromatic nitrogens is 1. The average molecular weight is 339 g/mol. The normalized spacial score (nSPS) is 11.1. The first-order valence-corrected chi connectivity index (χ1v) is 7.38. The highest BCUT2D eigenvalue weighted by atomic mass is 16.5. The van der Waals surface area contributed by atoms with E-state index in [1.54, 1.807) is 30.3 Å². The highest BCUT2D eigenvalue weighted by Gasteiger charge is 2.20. The van der Waals surface area contributed by atoms with Crippen molar-refractivity contribution in [1.29, 1.82) is 0 Å². The summed E-state index contributed by atoms with van der Waals surface area (Å²) in [6.45, 7) is 0. The van der Waals surface area contributed by atoms with E-state index < -0.39 is 11.2 Å². The van der Waals surface area contributed by atoms with Crippen LogP contribution >= 0.6 is 0 Å². The predicted molar refractivity (Wildman–Crippen MR) is 90.3 cm³/mol. The summed E-state index contributed by atoms with van der Waals surface area (Å²) in [5.74, 6) is 0.256. The summed E-state index contributed by atoms with van der Waals surface area (Å²) < 4.78 is 21.5. The van der Waals surface area contributed by atoms with Crippen molar-refractivity contribution < 1.29 is 23.4 Å². The summed E-state index contributed by atoms with van der Waals surface area (Å²) in [5.41, 5.74) is 1.32. The molecule has 0 saturated heterocycles. The summed E-state index contributed by atoms with van der Waals surface area (Å²) in [4.78, 5) is 16.7. The Bertz CT molecular complexity index is 1160. The molecule has 0 bridgehead atoms. The molecule has 0 aliphatic rings. The average Bonchev–Trinajstić information content (AvgIpc) is 3.11. The second kappa shape index (κ2) is 5.55. The molecule has 0 atom stereocenters. The highest BCUT2D eigenvalue weighted by Crippen LogP contribution is 2.36. The van der Waals surface area contributed by atoms with Crippen LogP contribution in [0, 0.1) is 0 Å². The summed E-state index contributed by atoms with van der Waals surface area (Å²) in [7, 11) is 2.92. The van der Waals surface area contributed by atoms with Crippen LogP contribution < -0.4 is 14.9 Å². The minimum Gasteiger partial charge on any atom is -0.502 e. The predicted octanol–water partition coefficient (Wildman–Crippen LogP) is 3.32. The zero-order chi connectivity index (χ0) is 17.6. The second-order valence-electron chi connectivity index (χ2n) is 5.35. The van der Waals surface area contributed by atoms with E-state index in [0.29, 0.717) is 22.4 Å². The first-order valence-electron chi connectivity index (χ1n) is 7.38. The Morgan fingerprint density at radius 1 is 1.08 bits per heavy atom. The van der Waals surface area contributed by atoms with Gasteiger partial charge >= 0.3 is 0 Å². The van der Waals surface area contributed by atoms with Crippen molar-refractivity contribution in [3.8, 4) is 28.6 Å². The zero-order valence-corrected chi connectivity index (χ0v) is 13.4. The third kappa shape index (κ3) is 2.28. The van der Waals surface area contributed by atoms with Gasteiger partial charge in [0.1, 0.15) is 28.0 Å². The van der Waals surface area contributed by atoms with Crippen molar-refractivity contribution in [2.24, 2.45) is 0 Å². The molecule has 2 aromatic heterocycles. The fraction of sp³-hybridized carbons (Fsp3) is 0.111. The Labute approximate surface area is 141 Å². The maximum absolute atomic E-state index is 12.6. The lowest BCUT2D eigenvalue weighted by molar-refractivity contribution is 0.394. The number of nitrogens with zero attached hydrogens (tertiary/aromatic N) is 1. The van der Waals surface area contributed by atoms with Gasteiger partial charge in [-0.15, -0.1) is 0 Å². The number of benzene rings is 2. The van der Waals surface area contributed by atoms with Gasteiger partial charge in [-0.3, -0.25) is 4.79 Å². The van der Waals surface area contributed by atoms with Crippen molar-refractivity contribution in [1.82, 2.24) is 4.98 Å². The molecule has 7 heteroatoms. The number of fused-ring (bicyclic) bond motifs is 2. The molecule has 0 saturated carbocycles. The molecule has 25 heavy (non-hydrogen) atoms. The van der Waals surface area contributed by atoms with Gasteiger partial charge in [-0.05, 0) is 18.2 Å². The Balaban J connectivity index is 2.04. The molecule has 2 heterocycles. The van der Waals surface area contributed by atoms with Crippen LogP contribution in [0.5, 0.6) is 17.2 Å². The van der Waals surface area contributed by atoms with Crippen molar-refractivity contribution >= 4 is 22.1 Å². The molecule has 0 spiro atoms. The van der Waals surface area contributed by atoms with E-state index in [9.17, 15) is 9.90 Å². The summed E-state index contributed by atoms with van der Waals surface area (Å²) in [6.07, 6.45) is 1.32. The smallest absolute Gasteiger partial charge is 0.238 e. The molecule has 4 rings (SSSR count). The molecule has 1 N–H and O–H groups in total. The molecule has 126 valence electrons. The molecule has 2 aromatic carbocycles. The Kier molecular flexibility index (Phi) is 3.35. The molecule has 7 nitrogen and oxygen atoms in total. The van der Waals surface area contributed by atoms with Crippen LogP contribution in [-0.2, 0) is 0 Å². The highest BCUT2D eigenvalue weighted by molar-refractivity contribution is 5.89. The second-order valence-corrected chi connectivity index (χ2v) is 5.35. The summed E-state index contributed by atoms with van der Waals surface area (Å²) in [5, 5.41) is 10.5. The fourth-order valence-electron chi connectivity index (χ4n) is 2.72. The Morgan fingerprint density at radius 3 is 2.68 bits per heavy atom. The van der Waals surface area contributed by atoms with Gasteiger partial charge < -0.3 is 23.4 Å². The molecule has 0 amide bonds. The molecular weight excluding hydrogens is 326 g/mol. The van der Waals surface area contributed by atoms with Crippen LogP contribution in [0.1, 0.15) is 0 Å². The zero-order valence-electron chi connectivity index (χ0n) is 13.4. The van der Waals surface area contributed by atoms with Gasteiger partial charge in [0, 0.05) is 17.7 Å². The number of oxazole rings is 1.